The van der Waals surface area contributed by atoms with Crippen LogP contribution in [0.2, 0.25) is 0 Å². The molecule has 0 spiro atoms. The zero-order valence-electron chi connectivity index (χ0n) is 14.5. The highest BCUT2D eigenvalue weighted by molar-refractivity contribution is 7.89. The fourth-order valence-electron chi connectivity index (χ4n) is 2.76. The van der Waals surface area contributed by atoms with Crippen LogP contribution in [0.1, 0.15) is 18.5 Å². The maximum absolute atomic E-state index is 13.8. The van der Waals surface area contributed by atoms with E-state index in [0.717, 1.165) is 11.0 Å². The Kier molecular flexibility index (Phi) is 5.24. The lowest BCUT2D eigenvalue weighted by Crippen LogP contribution is -2.30. The van der Waals surface area contributed by atoms with E-state index in [9.17, 15) is 12.8 Å². The van der Waals surface area contributed by atoms with Crippen LogP contribution in [0.15, 0.2) is 48.8 Å². The Hall–Kier alpha value is -2.45. The predicted octanol–water partition coefficient (Wildman–Crippen LogP) is 2.86. The first kappa shape index (κ1) is 18.3. The molecule has 0 unspecified atom stereocenters. The molecule has 3 aromatic rings. The average molecular weight is 377 g/mol. The second-order valence-electron chi connectivity index (χ2n) is 5.98. The number of benzene rings is 2. The van der Waals surface area contributed by atoms with E-state index in [-0.39, 0.29) is 18.0 Å². The Bertz CT molecular complexity index is 1020. The number of halogens is 1. The van der Waals surface area contributed by atoms with E-state index in [1.165, 1.54) is 19.2 Å². The van der Waals surface area contributed by atoms with E-state index in [0.29, 0.717) is 5.56 Å². The number of hydrogen-bond acceptors (Lipinski definition) is 4. The van der Waals surface area contributed by atoms with Crippen LogP contribution in [0.4, 0.5) is 4.39 Å². The fourth-order valence-corrected chi connectivity index (χ4v) is 3.98. The number of aromatic nitrogens is 2. The van der Waals surface area contributed by atoms with Crippen molar-refractivity contribution in [1.82, 2.24) is 14.3 Å². The van der Waals surface area contributed by atoms with Gasteiger partial charge in [0.1, 0.15) is 0 Å². The quantitative estimate of drug-likeness (QED) is 0.687. The van der Waals surface area contributed by atoms with Crippen molar-refractivity contribution in [2.45, 2.75) is 19.5 Å². The third-order valence-electron chi connectivity index (χ3n) is 4.16. The van der Waals surface area contributed by atoms with Crippen LogP contribution >= 0.6 is 0 Å². The number of ether oxygens (including phenoxy) is 1. The van der Waals surface area contributed by atoms with E-state index < -0.39 is 21.9 Å². The number of fused-ring (bicyclic) bond motifs is 1. The summed E-state index contributed by atoms with van der Waals surface area (Å²) in [5, 5.41) is 0. The molecule has 0 saturated heterocycles. The minimum atomic E-state index is -3.55. The van der Waals surface area contributed by atoms with Gasteiger partial charge in [-0.15, -0.1) is 0 Å². The zero-order valence-corrected chi connectivity index (χ0v) is 15.3. The van der Waals surface area contributed by atoms with Gasteiger partial charge in [0.25, 0.3) is 0 Å². The van der Waals surface area contributed by atoms with Gasteiger partial charge in [-0.1, -0.05) is 18.2 Å². The molecule has 0 fully saturated rings. The zero-order chi connectivity index (χ0) is 18.7. The summed E-state index contributed by atoms with van der Waals surface area (Å²) in [6, 6.07) is 11.4. The van der Waals surface area contributed by atoms with Crippen molar-refractivity contribution in [1.29, 1.82) is 0 Å². The first-order valence-corrected chi connectivity index (χ1v) is 9.78. The number of nitrogens with one attached hydrogen (secondary N) is 1. The van der Waals surface area contributed by atoms with Gasteiger partial charge in [-0.25, -0.2) is 22.5 Å². The van der Waals surface area contributed by atoms with Crippen molar-refractivity contribution < 1.29 is 17.5 Å². The van der Waals surface area contributed by atoms with Gasteiger partial charge in [0.2, 0.25) is 10.0 Å². The average Bonchev–Trinajstić information content (AvgIpc) is 3.03. The van der Waals surface area contributed by atoms with Crippen LogP contribution in [0.25, 0.3) is 11.0 Å². The third-order valence-corrected chi connectivity index (χ3v) is 5.59. The largest absolute Gasteiger partial charge is 0.494 e. The normalized spacial score (nSPS) is 13.0. The Morgan fingerprint density at radius 2 is 2.04 bits per heavy atom. The van der Waals surface area contributed by atoms with Gasteiger partial charge in [-0.2, -0.15) is 0 Å². The van der Waals surface area contributed by atoms with Gasteiger partial charge in [0.15, 0.2) is 11.6 Å². The number of hydrogen-bond donors (Lipinski definition) is 1. The van der Waals surface area contributed by atoms with Gasteiger partial charge >= 0.3 is 0 Å². The number of rotatable bonds is 7. The molecule has 1 aromatic heterocycles. The molecule has 2 aromatic carbocycles. The van der Waals surface area contributed by atoms with Crippen molar-refractivity contribution >= 4 is 21.1 Å². The maximum atomic E-state index is 13.8. The van der Waals surface area contributed by atoms with Crippen LogP contribution in [0, 0.1) is 5.82 Å². The third kappa shape index (κ3) is 4.03. The smallest absolute Gasteiger partial charge is 0.213 e. The van der Waals surface area contributed by atoms with Crippen LogP contribution in [0.3, 0.4) is 0 Å². The van der Waals surface area contributed by atoms with Gasteiger partial charge in [-0.3, -0.25) is 0 Å². The molecule has 8 heteroatoms. The van der Waals surface area contributed by atoms with Crippen LogP contribution in [-0.2, 0) is 16.6 Å². The number of sulfonamides is 1. The molecule has 138 valence electrons. The minimum absolute atomic E-state index is 0.101. The number of imidazole rings is 1. The van der Waals surface area contributed by atoms with Crippen molar-refractivity contribution in [3.63, 3.8) is 0 Å². The lowest BCUT2D eigenvalue weighted by Gasteiger charge is -2.16. The van der Waals surface area contributed by atoms with E-state index in [4.69, 9.17) is 4.74 Å². The summed E-state index contributed by atoms with van der Waals surface area (Å²) in [5.41, 5.74) is 2.23. The number of para-hydroxylation sites is 2. The van der Waals surface area contributed by atoms with Gasteiger partial charge in [0, 0.05) is 12.6 Å². The highest BCUT2D eigenvalue weighted by Crippen LogP contribution is 2.22. The lowest BCUT2D eigenvalue weighted by molar-refractivity contribution is 0.386. The Labute approximate surface area is 151 Å². The second kappa shape index (κ2) is 7.43. The summed E-state index contributed by atoms with van der Waals surface area (Å²) in [6.07, 6.45) is 1.63. The molecule has 0 radical (unpaired) electrons. The van der Waals surface area contributed by atoms with Gasteiger partial charge in [-0.05, 0) is 36.8 Å². The Balaban J connectivity index is 1.67. The van der Waals surface area contributed by atoms with Crippen LogP contribution in [-0.4, -0.2) is 30.8 Å². The first-order chi connectivity index (χ1) is 12.4. The highest BCUT2D eigenvalue weighted by Gasteiger charge is 2.17. The summed E-state index contributed by atoms with van der Waals surface area (Å²) in [5.74, 6) is -0.507. The monoisotopic (exact) mass is 377 g/mol. The summed E-state index contributed by atoms with van der Waals surface area (Å²) < 4.78 is 47.8. The predicted molar refractivity (Wildman–Crippen MR) is 98.0 cm³/mol. The molecule has 1 atom stereocenters. The lowest BCUT2D eigenvalue weighted by atomic mass is 10.1. The van der Waals surface area contributed by atoms with Crippen molar-refractivity contribution in [3.05, 3.63) is 60.2 Å². The molecule has 0 aliphatic heterocycles. The van der Waals surface area contributed by atoms with Crippen molar-refractivity contribution in [2.75, 3.05) is 12.9 Å². The molecule has 0 aliphatic carbocycles. The highest BCUT2D eigenvalue weighted by atomic mass is 32.2. The second-order valence-corrected chi connectivity index (χ2v) is 7.85. The minimum Gasteiger partial charge on any atom is -0.494 e. The summed E-state index contributed by atoms with van der Waals surface area (Å²) in [7, 11) is -2.18. The van der Waals surface area contributed by atoms with Crippen molar-refractivity contribution in [3.8, 4) is 5.75 Å². The Morgan fingerprint density at radius 3 is 2.77 bits per heavy atom. The standard InChI is InChI=1S/C18H20FN3O3S/c1-13(14-7-8-18(25-2)15(19)11-14)21-26(23,24)10-9-22-12-20-16-5-3-4-6-17(16)22/h3-8,11-13,21H,9-10H2,1-2H3/t13-/m1/s1. The fraction of sp³-hybridized carbons (Fsp3) is 0.278. The van der Waals surface area contributed by atoms with Crippen LogP contribution in [0.5, 0.6) is 5.75 Å². The molecule has 0 amide bonds. The molecule has 26 heavy (non-hydrogen) atoms. The van der Waals surface area contributed by atoms with E-state index in [1.807, 2.05) is 24.3 Å². The van der Waals surface area contributed by atoms with E-state index in [2.05, 4.69) is 9.71 Å². The van der Waals surface area contributed by atoms with E-state index in [1.54, 1.807) is 23.9 Å². The molecule has 1 N–H and O–H groups in total. The molecular formula is C18H20FN3O3S. The first-order valence-electron chi connectivity index (χ1n) is 8.13. The molecule has 0 aliphatic rings. The SMILES string of the molecule is COc1ccc([C@@H](C)NS(=O)(=O)CCn2cnc3ccccc32)cc1F. The molecule has 1 heterocycles. The molecule has 0 bridgehead atoms. The van der Waals surface area contributed by atoms with Crippen LogP contribution < -0.4 is 9.46 Å². The molecule has 3 rings (SSSR count). The summed E-state index contributed by atoms with van der Waals surface area (Å²) >= 11 is 0. The molecule has 6 nitrogen and oxygen atoms in total. The summed E-state index contributed by atoms with van der Waals surface area (Å²) in [4.78, 5) is 4.25. The summed E-state index contributed by atoms with van der Waals surface area (Å²) in [6.45, 7) is 1.95. The molecular weight excluding hydrogens is 357 g/mol. The van der Waals surface area contributed by atoms with Gasteiger partial charge in [0.05, 0.1) is 30.2 Å². The number of methoxy groups -OCH3 is 1. The van der Waals surface area contributed by atoms with E-state index >= 15 is 0 Å². The Morgan fingerprint density at radius 1 is 1.27 bits per heavy atom. The maximum Gasteiger partial charge on any atom is 0.213 e. The van der Waals surface area contributed by atoms with Gasteiger partial charge < -0.3 is 9.30 Å². The topological polar surface area (TPSA) is 73.2 Å². The molecule has 0 saturated carbocycles. The van der Waals surface area contributed by atoms with Crippen molar-refractivity contribution in [2.24, 2.45) is 0 Å². The number of nitrogens with zero attached hydrogens (tertiary/aromatic N) is 2. The number of aryl methyl sites for hydroxylation is 1.